The molecule has 1 aromatic carbocycles. The fourth-order valence-corrected chi connectivity index (χ4v) is 1.90. The molecule has 3 aromatic rings. The SMILES string of the molecule is Cc1ccc2c(c1)cc(CO)c1nnnn12. The van der Waals surface area contributed by atoms with Gasteiger partial charge in [0.25, 0.3) is 0 Å². The van der Waals surface area contributed by atoms with Crippen molar-refractivity contribution in [3.8, 4) is 0 Å². The van der Waals surface area contributed by atoms with Crippen LogP contribution in [0.4, 0.5) is 0 Å². The van der Waals surface area contributed by atoms with Gasteiger partial charge >= 0.3 is 0 Å². The van der Waals surface area contributed by atoms with Crippen molar-refractivity contribution in [3.63, 3.8) is 0 Å². The predicted molar refractivity (Wildman–Crippen MR) is 58.9 cm³/mol. The van der Waals surface area contributed by atoms with Crippen LogP contribution in [0.2, 0.25) is 0 Å². The number of hydrogen-bond donors (Lipinski definition) is 1. The topological polar surface area (TPSA) is 63.3 Å². The molecule has 0 saturated carbocycles. The quantitative estimate of drug-likeness (QED) is 0.658. The molecule has 5 heteroatoms. The van der Waals surface area contributed by atoms with E-state index in [4.69, 9.17) is 0 Å². The van der Waals surface area contributed by atoms with E-state index in [0.29, 0.717) is 5.65 Å². The Labute approximate surface area is 91.3 Å². The number of benzene rings is 1. The lowest BCUT2D eigenvalue weighted by molar-refractivity contribution is 0.283. The molecule has 0 fully saturated rings. The lowest BCUT2D eigenvalue weighted by Gasteiger charge is -2.04. The van der Waals surface area contributed by atoms with E-state index >= 15 is 0 Å². The number of aryl methyl sites for hydroxylation is 1. The third-order valence-corrected chi connectivity index (χ3v) is 2.67. The summed E-state index contributed by atoms with van der Waals surface area (Å²) in [4.78, 5) is 0. The molecule has 16 heavy (non-hydrogen) atoms. The Hall–Kier alpha value is -2.01. The van der Waals surface area contributed by atoms with Gasteiger partial charge in [0.05, 0.1) is 12.1 Å². The van der Waals surface area contributed by atoms with E-state index in [1.54, 1.807) is 4.52 Å². The molecule has 0 saturated heterocycles. The fraction of sp³-hybridized carbons (Fsp3) is 0.182. The molecular formula is C11H10N4O. The molecule has 0 aliphatic rings. The second-order valence-corrected chi connectivity index (χ2v) is 3.80. The van der Waals surface area contributed by atoms with Gasteiger partial charge < -0.3 is 5.11 Å². The summed E-state index contributed by atoms with van der Waals surface area (Å²) < 4.78 is 1.65. The highest BCUT2D eigenvalue weighted by Gasteiger charge is 2.08. The summed E-state index contributed by atoms with van der Waals surface area (Å²) in [6, 6.07) is 7.97. The zero-order valence-electron chi connectivity index (χ0n) is 8.75. The minimum absolute atomic E-state index is 0.0618. The van der Waals surface area contributed by atoms with E-state index < -0.39 is 0 Å². The molecule has 0 amide bonds. The molecule has 5 nitrogen and oxygen atoms in total. The van der Waals surface area contributed by atoms with Gasteiger partial charge in [-0.3, -0.25) is 0 Å². The van der Waals surface area contributed by atoms with Crippen LogP contribution >= 0.6 is 0 Å². The average molecular weight is 214 g/mol. The third-order valence-electron chi connectivity index (χ3n) is 2.67. The van der Waals surface area contributed by atoms with Crippen molar-refractivity contribution >= 4 is 16.6 Å². The molecule has 3 rings (SSSR count). The Balaban J connectivity index is 2.53. The molecule has 2 aromatic heterocycles. The summed E-state index contributed by atoms with van der Waals surface area (Å²) >= 11 is 0. The number of aromatic nitrogens is 4. The summed E-state index contributed by atoms with van der Waals surface area (Å²) in [5.74, 6) is 0. The van der Waals surface area contributed by atoms with Crippen molar-refractivity contribution in [3.05, 3.63) is 35.4 Å². The lowest BCUT2D eigenvalue weighted by atomic mass is 10.1. The Bertz CT molecular complexity index is 674. The van der Waals surface area contributed by atoms with Crippen molar-refractivity contribution in [2.75, 3.05) is 0 Å². The Morgan fingerprint density at radius 3 is 3.00 bits per heavy atom. The summed E-state index contributed by atoms with van der Waals surface area (Å²) in [5, 5.41) is 21.8. The molecule has 0 aliphatic heterocycles. The smallest absolute Gasteiger partial charge is 0.185 e. The van der Waals surface area contributed by atoms with Crippen LogP contribution < -0.4 is 0 Å². The zero-order chi connectivity index (χ0) is 11.1. The van der Waals surface area contributed by atoms with Crippen LogP contribution in [-0.4, -0.2) is 25.1 Å². The van der Waals surface area contributed by atoms with Crippen LogP contribution in [0.5, 0.6) is 0 Å². The van der Waals surface area contributed by atoms with Gasteiger partial charge in [-0.15, -0.1) is 5.10 Å². The molecule has 0 bridgehead atoms. The molecule has 1 N–H and O–H groups in total. The van der Waals surface area contributed by atoms with Crippen LogP contribution in [0.15, 0.2) is 24.3 Å². The molecule has 80 valence electrons. The van der Waals surface area contributed by atoms with Gasteiger partial charge in [0, 0.05) is 10.9 Å². The van der Waals surface area contributed by atoms with Crippen LogP contribution in [0.3, 0.4) is 0 Å². The van der Waals surface area contributed by atoms with E-state index in [-0.39, 0.29) is 6.61 Å². The van der Waals surface area contributed by atoms with Gasteiger partial charge in [-0.1, -0.05) is 11.6 Å². The van der Waals surface area contributed by atoms with Gasteiger partial charge in [-0.05, 0) is 35.5 Å². The van der Waals surface area contributed by atoms with Crippen LogP contribution in [-0.2, 0) is 6.61 Å². The third kappa shape index (κ3) is 1.18. The van der Waals surface area contributed by atoms with Crippen molar-refractivity contribution in [2.24, 2.45) is 0 Å². The first-order chi connectivity index (χ1) is 7.79. The second kappa shape index (κ2) is 3.24. The summed E-state index contributed by atoms with van der Waals surface area (Å²) in [6.07, 6.45) is 0. The fourth-order valence-electron chi connectivity index (χ4n) is 1.90. The minimum Gasteiger partial charge on any atom is -0.392 e. The monoisotopic (exact) mass is 214 g/mol. The van der Waals surface area contributed by atoms with Crippen LogP contribution in [0.1, 0.15) is 11.1 Å². The Kier molecular flexibility index (Phi) is 1.87. The number of aliphatic hydroxyl groups excluding tert-OH is 1. The number of rotatable bonds is 1. The number of pyridine rings is 1. The van der Waals surface area contributed by atoms with Gasteiger partial charge in [0.15, 0.2) is 5.65 Å². The maximum Gasteiger partial charge on any atom is 0.185 e. The predicted octanol–water partition coefficient (Wildman–Crippen LogP) is 1.08. The summed E-state index contributed by atoms with van der Waals surface area (Å²) in [5.41, 5.74) is 3.47. The molecule has 0 atom stereocenters. The number of tetrazole rings is 1. The molecular weight excluding hydrogens is 204 g/mol. The van der Waals surface area contributed by atoms with Crippen molar-refractivity contribution in [1.82, 2.24) is 20.0 Å². The standard InChI is InChI=1S/C11H10N4O/c1-7-2-3-10-8(4-7)5-9(6-16)11-12-13-14-15(10)11/h2-5,16H,6H2,1H3. The molecule has 0 radical (unpaired) electrons. The average Bonchev–Trinajstić information content (AvgIpc) is 2.76. The molecule has 0 unspecified atom stereocenters. The van der Waals surface area contributed by atoms with E-state index in [2.05, 4.69) is 21.6 Å². The number of hydrogen-bond acceptors (Lipinski definition) is 4. The van der Waals surface area contributed by atoms with Gasteiger partial charge in [0.2, 0.25) is 0 Å². The van der Waals surface area contributed by atoms with Crippen molar-refractivity contribution in [2.45, 2.75) is 13.5 Å². The molecule has 2 heterocycles. The molecule has 0 spiro atoms. The van der Waals surface area contributed by atoms with E-state index in [0.717, 1.165) is 16.5 Å². The highest BCUT2D eigenvalue weighted by molar-refractivity contribution is 5.83. The highest BCUT2D eigenvalue weighted by Crippen LogP contribution is 2.20. The minimum atomic E-state index is -0.0618. The van der Waals surface area contributed by atoms with Crippen LogP contribution in [0.25, 0.3) is 16.6 Å². The van der Waals surface area contributed by atoms with Crippen molar-refractivity contribution < 1.29 is 5.11 Å². The maximum atomic E-state index is 9.27. The van der Waals surface area contributed by atoms with E-state index in [1.807, 2.05) is 25.1 Å². The van der Waals surface area contributed by atoms with E-state index in [1.165, 1.54) is 5.56 Å². The lowest BCUT2D eigenvalue weighted by Crippen LogP contribution is -1.96. The van der Waals surface area contributed by atoms with Crippen LogP contribution in [0, 0.1) is 6.92 Å². The van der Waals surface area contributed by atoms with E-state index in [9.17, 15) is 5.11 Å². The van der Waals surface area contributed by atoms with Gasteiger partial charge in [0.1, 0.15) is 0 Å². The Morgan fingerprint density at radius 2 is 2.19 bits per heavy atom. The first kappa shape index (κ1) is 9.23. The maximum absolute atomic E-state index is 9.27. The van der Waals surface area contributed by atoms with Crippen molar-refractivity contribution in [1.29, 1.82) is 0 Å². The number of nitrogens with zero attached hydrogens (tertiary/aromatic N) is 4. The van der Waals surface area contributed by atoms with Gasteiger partial charge in [-0.25, -0.2) is 0 Å². The first-order valence-electron chi connectivity index (χ1n) is 5.01. The number of aliphatic hydroxyl groups is 1. The largest absolute Gasteiger partial charge is 0.392 e. The highest BCUT2D eigenvalue weighted by atomic mass is 16.3. The first-order valence-corrected chi connectivity index (χ1v) is 5.01. The van der Waals surface area contributed by atoms with Gasteiger partial charge in [-0.2, -0.15) is 4.52 Å². The zero-order valence-corrected chi connectivity index (χ0v) is 8.75. The summed E-state index contributed by atoms with van der Waals surface area (Å²) in [6.45, 7) is 1.97. The Morgan fingerprint density at radius 1 is 1.31 bits per heavy atom. The summed E-state index contributed by atoms with van der Waals surface area (Å²) in [7, 11) is 0. The normalized spacial score (nSPS) is 11.4. The second-order valence-electron chi connectivity index (χ2n) is 3.80. The number of fused-ring (bicyclic) bond motifs is 3. The molecule has 0 aliphatic carbocycles.